The van der Waals surface area contributed by atoms with Gasteiger partial charge in [0.2, 0.25) is 5.79 Å². The Morgan fingerprint density at radius 1 is 0.849 bits per heavy atom. The average molecular weight is 1030 g/mol. The Morgan fingerprint density at radius 2 is 1.59 bits per heavy atom. The molecule has 3 N–H and O–H groups in total. The number of fused-ring (bicyclic) bond motifs is 3. The Morgan fingerprint density at radius 3 is 2.29 bits per heavy atom. The second-order valence-corrected chi connectivity index (χ2v) is 21.7. The van der Waals surface area contributed by atoms with E-state index in [1.165, 1.54) is 4.90 Å². The molecule has 1 amide bonds. The Kier molecular flexibility index (Phi) is 26.4. The summed E-state index contributed by atoms with van der Waals surface area (Å²) in [5.74, 6) is -6.88. The van der Waals surface area contributed by atoms with Gasteiger partial charge in [0, 0.05) is 79.0 Å². The first-order valence-electron chi connectivity index (χ1n) is 27.2. The number of amides is 1. The predicted molar refractivity (Wildman–Crippen MR) is 280 cm³/mol. The molecular weight excluding hydrogens is 935 g/mol. The van der Waals surface area contributed by atoms with Gasteiger partial charge >= 0.3 is 5.97 Å². The number of nitrogens with zero attached hydrogens (tertiary/aromatic N) is 1. The van der Waals surface area contributed by atoms with E-state index in [2.05, 4.69) is 26.5 Å². The quantitative estimate of drug-likeness (QED) is 0.0655. The van der Waals surface area contributed by atoms with Gasteiger partial charge in [-0.25, -0.2) is 4.79 Å². The lowest BCUT2D eigenvalue weighted by molar-refractivity contribution is -0.266. The van der Waals surface area contributed by atoms with Gasteiger partial charge in [-0.2, -0.15) is 0 Å². The van der Waals surface area contributed by atoms with Crippen LogP contribution in [0.5, 0.6) is 0 Å². The van der Waals surface area contributed by atoms with Crippen LogP contribution in [0.4, 0.5) is 0 Å². The van der Waals surface area contributed by atoms with Gasteiger partial charge in [0.1, 0.15) is 30.1 Å². The standard InChI is InChI=1S/C58H93NO14/c1-37-19-13-12-14-20-38(2)50(71-30-18-28-67-9)35-46-24-22-43(7)58(66,73-46)55(63)56(64)59-26-16-15-21-47(59)57(65)72-51(41(5)33-45-23-25-49(52(34-45)68-10)70-29-17-27-60)36-48(61)40(4)32-42(6)53(62)54(69-11)44(8)39(3)31-37/h12-14,19-20,32,37,39-41,43,45-47,49-54,60,62,66H,8,15-18,21-31,33-36H2,1-7,9-11H3/b14-12+,19-13+,38-20+,42-32+/t37-,39-,40-,41-,43-,45+,46+,47+,49-,50?,51+,52-,53-,54+,58-/m1/s1. The van der Waals surface area contributed by atoms with Gasteiger partial charge in [0.25, 0.3) is 11.7 Å². The van der Waals surface area contributed by atoms with Gasteiger partial charge in [-0.15, -0.1) is 0 Å². The van der Waals surface area contributed by atoms with Crippen molar-refractivity contribution in [2.24, 2.45) is 35.5 Å². The molecule has 0 radical (unpaired) electrons. The fraction of sp³-hybridized carbons (Fsp3) is 0.759. The summed E-state index contributed by atoms with van der Waals surface area (Å²) in [6.07, 6.45) is 15.0. The van der Waals surface area contributed by atoms with E-state index in [1.54, 1.807) is 48.2 Å². The lowest BCUT2D eigenvalue weighted by Crippen LogP contribution is -2.61. The number of Topliss-reactive ketones (excluding diaryl/α,β-unsaturated/α-hetero) is 2. The van der Waals surface area contributed by atoms with E-state index >= 15 is 0 Å². The molecule has 15 atom stereocenters. The van der Waals surface area contributed by atoms with E-state index in [4.69, 9.17) is 33.2 Å². The van der Waals surface area contributed by atoms with Crippen LogP contribution in [0.25, 0.3) is 0 Å². The molecule has 4 rings (SSSR count). The zero-order chi connectivity index (χ0) is 53.8. The largest absolute Gasteiger partial charge is 0.460 e. The maximum Gasteiger partial charge on any atom is 0.329 e. The molecule has 2 saturated heterocycles. The highest BCUT2D eigenvalue weighted by Gasteiger charge is 2.53. The van der Waals surface area contributed by atoms with Crippen LogP contribution in [-0.2, 0) is 52.3 Å². The summed E-state index contributed by atoms with van der Waals surface area (Å²) in [6.45, 7) is 19.2. The first-order chi connectivity index (χ1) is 34.8. The minimum Gasteiger partial charge on any atom is -0.460 e. The van der Waals surface area contributed by atoms with Crippen molar-refractivity contribution in [3.05, 3.63) is 59.8 Å². The molecule has 3 fully saturated rings. The third-order valence-corrected chi connectivity index (χ3v) is 15.8. The lowest BCUT2D eigenvalue weighted by atomic mass is 9.78. The Labute approximate surface area is 437 Å². The molecule has 0 spiro atoms. The number of carbonyl (C=O) groups excluding carboxylic acids is 4. The maximum absolute atomic E-state index is 14.6. The number of aliphatic hydroxyl groups excluding tert-OH is 2. The molecule has 1 unspecified atom stereocenters. The molecule has 2 bridgehead atoms. The smallest absolute Gasteiger partial charge is 0.329 e. The van der Waals surface area contributed by atoms with Crippen molar-refractivity contribution >= 4 is 23.4 Å². The molecule has 15 nitrogen and oxygen atoms in total. The lowest BCUT2D eigenvalue weighted by Gasteiger charge is -2.43. The van der Waals surface area contributed by atoms with Gasteiger partial charge in [-0.3, -0.25) is 14.4 Å². The molecule has 0 aromatic rings. The van der Waals surface area contributed by atoms with Crippen LogP contribution in [0, 0.1) is 35.5 Å². The number of cyclic esters (lactones) is 1. The Hall–Kier alpha value is -3.38. The minimum absolute atomic E-state index is 0.0115. The fourth-order valence-corrected chi connectivity index (χ4v) is 11.1. The monoisotopic (exact) mass is 1030 g/mol. The molecule has 4 aliphatic rings. The van der Waals surface area contributed by atoms with Gasteiger partial charge in [0.05, 0.1) is 24.4 Å². The topological polar surface area (TPSA) is 197 Å². The van der Waals surface area contributed by atoms with Crippen LogP contribution in [0.1, 0.15) is 138 Å². The number of methoxy groups -OCH3 is 3. The van der Waals surface area contributed by atoms with Crippen LogP contribution >= 0.6 is 0 Å². The summed E-state index contributed by atoms with van der Waals surface area (Å²) < 4.78 is 42.1. The molecule has 1 aliphatic carbocycles. The number of piperidine rings is 1. The normalized spacial score (nSPS) is 37.3. The first-order valence-corrected chi connectivity index (χ1v) is 27.2. The molecule has 15 heteroatoms. The molecule has 0 aromatic carbocycles. The average Bonchev–Trinajstić information content (AvgIpc) is 3.37. The summed E-state index contributed by atoms with van der Waals surface area (Å²) in [5.41, 5.74) is 2.20. The van der Waals surface area contributed by atoms with Gasteiger partial charge in [0.15, 0.2) is 0 Å². The van der Waals surface area contributed by atoms with Crippen LogP contribution in [0.2, 0.25) is 0 Å². The number of esters is 1. The number of hydrogen-bond donors (Lipinski definition) is 3. The van der Waals surface area contributed by atoms with Crippen molar-refractivity contribution in [2.45, 2.75) is 193 Å². The van der Waals surface area contributed by atoms with Crippen molar-refractivity contribution in [1.29, 1.82) is 0 Å². The number of ketones is 2. The molecule has 414 valence electrons. The van der Waals surface area contributed by atoms with Crippen LogP contribution < -0.4 is 0 Å². The van der Waals surface area contributed by atoms with E-state index < -0.39 is 71.8 Å². The third-order valence-electron chi connectivity index (χ3n) is 15.8. The van der Waals surface area contributed by atoms with Gasteiger partial charge in [-0.05, 0) is 131 Å². The van der Waals surface area contributed by atoms with E-state index in [-0.39, 0.29) is 67.7 Å². The fourth-order valence-electron chi connectivity index (χ4n) is 11.1. The van der Waals surface area contributed by atoms with Crippen LogP contribution in [-0.4, -0.2) is 153 Å². The number of aliphatic hydroxyl groups is 3. The number of rotatable bonds is 14. The highest BCUT2D eigenvalue weighted by atomic mass is 16.6. The summed E-state index contributed by atoms with van der Waals surface area (Å²) in [5, 5.41) is 33.2. The highest BCUT2D eigenvalue weighted by Crippen LogP contribution is 2.38. The van der Waals surface area contributed by atoms with Crippen molar-refractivity contribution in [3.63, 3.8) is 0 Å². The second-order valence-electron chi connectivity index (χ2n) is 21.7. The summed E-state index contributed by atoms with van der Waals surface area (Å²) >= 11 is 0. The summed E-state index contributed by atoms with van der Waals surface area (Å²) in [7, 11) is 4.84. The molecule has 73 heavy (non-hydrogen) atoms. The second kappa shape index (κ2) is 31.0. The molecule has 1 saturated carbocycles. The predicted octanol–water partition coefficient (Wildman–Crippen LogP) is 7.98. The zero-order valence-electron chi connectivity index (χ0n) is 46.0. The van der Waals surface area contributed by atoms with E-state index in [1.807, 2.05) is 38.2 Å². The number of ether oxygens (including phenoxy) is 7. The van der Waals surface area contributed by atoms with Gasteiger partial charge in [-0.1, -0.05) is 77.7 Å². The van der Waals surface area contributed by atoms with Crippen LogP contribution in [0.3, 0.4) is 0 Å². The number of allylic oxidation sites excluding steroid dienone is 6. The van der Waals surface area contributed by atoms with E-state index in [9.17, 15) is 34.5 Å². The molecule has 3 aliphatic heterocycles. The summed E-state index contributed by atoms with van der Waals surface area (Å²) in [4.78, 5) is 59.1. The summed E-state index contributed by atoms with van der Waals surface area (Å²) in [6, 6.07) is -1.13. The van der Waals surface area contributed by atoms with Crippen LogP contribution in [0.15, 0.2) is 59.8 Å². The van der Waals surface area contributed by atoms with Crippen molar-refractivity contribution < 1.29 is 67.7 Å². The third kappa shape index (κ3) is 18.1. The first kappa shape index (κ1) is 62.2. The zero-order valence-corrected chi connectivity index (χ0v) is 46.0. The van der Waals surface area contributed by atoms with Crippen molar-refractivity contribution in [1.82, 2.24) is 4.90 Å². The maximum atomic E-state index is 14.6. The Balaban J connectivity index is 1.71. The molecular formula is C58H93NO14. The number of carbonyl (C=O) groups is 4. The van der Waals surface area contributed by atoms with Crippen molar-refractivity contribution in [3.8, 4) is 0 Å². The Bertz CT molecular complexity index is 1900. The minimum atomic E-state index is -2.44. The number of hydrogen-bond acceptors (Lipinski definition) is 14. The van der Waals surface area contributed by atoms with E-state index in [0.717, 1.165) is 30.4 Å². The SMILES string of the molecule is C=C1[C@H](C)C[C@H](C)/C=C/C=C/C=C(\C)C(OCCCOC)C[C@@H]2CC[C@@H](C)[C@@](O)(O2)C(=O)C(=O)N2CCCC[C@H]2C(=O)O[C@H]([C@H](C)C[C@@H]2CC[C@@H](OCCCO)[C@H](OC)C2)CC(=O)[C@H](C)/C=C(\C)[C@@H](O)[C@H]1OC. The molecule has 0 aromatic heterocycles. The van der Waals surface area contributed by atoms with Gasteiger partial charge < -0.3 is 53.4 Å². The van der Waals surface area contributed by atoms with Crippen molar-refractivity contribution in [2.75, 3.05) is 54.3 Å². The van der Waals surface area contributed by atoms with E-state index in [0.29, 0.717) is 83.2 Å². The highest BCUT2D eigenvalue weighted by molar-refractivity contribution is 6.39. The molecule has 3 heterocycles.